The number of benzene rings is 1. The van der Waals surface area contributed by atoms with Crippen molar-refractivity contribution in [1.82, 2.24) is 14.6 Å². The minimum Gasteiger partial charge on any atom is -0.497 e. The Balaban J connectivity index is 1.50. The zero-order valence-corrected chi connectivity index (χ0v) is 19.7. The Morgan fingerprint density at radius 2 is 1.71 bits per heavy atom. The molecule has 1 saturated carbocycles. The highest BCUT2D eigenvalue weighted by Crippen LogP contribution is 2.38. The van der Waals surface area contributed by atoms with Crippen LogP contribution >= 0.6 is 0 Å². The molecule has 3 aromatic heterocycles. The molecule has 2 fully saturated rings. The lowest BCUT2D eigenvalue weighted by molar-refractivity contribution is 0.415. The van der Waals surface area contributed by atoms with Crippen molar-refractivity contribution in [1.29, 1.82) is 0 Å². The number of methoxy groups -OCH3 is 1. The maximum atomic E-state index is 5.40. The first kappa shape index (κ1) is 21.0. The molecule has 6 heteroatoms. The van der Waals surface area contributed by atoms with Crippen molar-refractivity contribution >= 4 is 17.2 Å². The van der Waals surface area contributed by atoms with Gasteiger partial charge in [0.05, 0.1) is 12.6 Å². The molecule has 1 aromatic carbocycles. The molecule has 0 amide bonds. The number of nitrogens with one attached hydrogen (secondary N) is 1. The standard InChI is InChI=1S/C28H31N5O/c1-34-23-13-11-20(12-14-23)28-27(21-15-16-29-25(19-21)30-22-7-2-3-8-22)24-9-6-10-26(33(24)31-28)32-17-4-5-18-32/h6,9-16,19,22H,2-5,7-8,17-18H2,1H3,(H,29,30). The molecule has 34 heavy (non-hydrogen) atoms. The molecule has 1 saturated heterocycles. The lowest BCUT2D eigenvalue weighted by Crippen LogP contribution is -2.20. The molecule has 4 heterocycles. The Labute approximate surface area is 200 Å². The van der Waals surface area contributed by atoms with Crippen LogP contribution in [0.25, 0.3) is 27.9 Å². The van der Waals surface area contributed by atoms with Crippen molar-refractivity contribution < 1.29 is 4.74 Å². The Kier molecular flexibility index (Phi) is 5.57. The number of nitrogens with zero attached hydrogens (tertiary/aromatic N) is 4. The molecule has 4 aromatic rings. The number of aromatic nitrogens is 3. The number of fused-ring (bicyclic) bond motifs is 1. The van der Waals surface area contributed by atoms with E-state index in [1.165, 1.54) is 38.5 Å². The average molecular weight is 454 g/mol. The molecule has 0 radical (unpaired) electrons. The van der Waals surface area contributed by atoms with Crippen molar-refractivity contribution in [3.63, 3.8) is 0 Å². The van der Waals surface area contributed by atoms with Crippen LogP contribution in [0.3, 0.4) is 0 Å². The number of hydrogen-bond acceptors (Lipinski definition) is 5. The van der Waals surface area contributed by atoms with Crippen LogP contribution in [-0.4, -0.2) is 40.8 Å². The van der Waals surface area contributed by atoms with E-state index in [0.717, 1.165) is 58.4 Å². The number of ether oxygens (including phenoxy) is 1. The molecular formula is C28H31N5O. The van der Waals surface area contributed by atoms with Gasteiger partial charge in [-0.2, -0.15) is 5.10 Å². The predicted octanol–water partition coefficient (Wildman–Crippen LogP) is 6.03. The summed E-state index contributed by atoms with van der Waals surface area (Å²) in [5.41, 5.74) is 5.45. The highest BCUT2D eigenvalue weighted by molar-refractivity contribution is 5.93. The van der Waals surface area contributed by atoms with E-state index in [4.69, 9.17) is 9.84 Å². The van der Waals surface area contributed by atoms with Crippen LogP contribution in [0.1, 0.15) is 38.5 Å². The summed E-state index contributed by atoms with van der Waals surface area (Å²) in [4.78, 5) is 7.08. The first-order valence-corrected chi connectivity index (χ1v) is 12.4. The van der Waals surface area contributed by atoms with Gasteiger partial charge in [-0.25, -0.2) is 9.50 Å². The fourth-order valence-electron chi connectivity index (χ4n) is 5.42. The van der Waals surface area contributed by atoms with E-state index in [-0.39, 0.29) is 0 Å². The van der Waals surface area contributed by atoms with Crippen LogP contribution in [0.2, 0.25) is 0 Å². The van der Waals surface area contributed by atoms with Crippen LogP contribution in [0, 0.1) is 0 Å². The molecule has 174 valence electrons. The second-order valence-corrected chi connectivity index (χ2v) is 9.38. The predicted molar refractivity (Wildman–Crippen MR) is 138 cm³/mol. The zero-order valence-electron chi connectivity index (χ0n) is 19.7. The maximum absolute atomic E-state index is 5.40. The highest BCUT2D eigenvalue weighted by atomic mass is 16.5. The van der Waals surface area contributed by atoms with Gasteiger partial charge in [-0.3, -0.25) is 0 Å². The lowest BCUT2D eigenvalue weighted by Gasteiger charge is -2.18. The van der Waals surface area contributed by atoms with Gasteiger partial charge in [-0.1, -0.05) is 18.9 Å². The van der Waals surface area contributed by atoms with Crippen molar-refractivity contribution in [2.24, 2.45) is 0 Å². The van der Waals surface area contributed by atoms with E-state index in [1.54, 1.807) is 7.11 Å². The normalized spacial score (nSPS) is 16.4. The third-order valence-corrected chi connectivity index (χ3v) is 7.19. The summed E-state index contributed by atoms with van der Waals surface area (Å²) in [7, 11) is 1.70. The summed E-state index contributed by atoms with van der Waals surface area (Å²) in [5.74, 6) is 2.95. The van der Waals surface area contributed by atoms with Crippen LogP contribution in [0.5, 0.6) is 5.75 Å². The molecule has 6 rings (SSSR count). The first-order chi connectivity index (χ1) is 16.8. The van der Waals surface area contributed by atoms with Gasteiger partial charge >= 0.3 is 0 Å². The van der Waals surface area contributed by atoms with E-state index in [0.29, 0.717) is 6.04 Å². The summed E-state index contributed by atoms with van der Waals surface area (Å²) in [6.45, 7) is 2.16. The molecule has 0 spiro atoms. The van der Waals surface area contributed by atoms with E-state index in [9.17, 15) is 0 Å². The molecule has 6 nitrogen and oxygen atoms in total. The van der Waals surface area contributed by atoms with E-state index in [1.807, 2.05) is 18.3 Å². The molecular weight excluding hydrogens is 422 g/mol. The summed E-state index contributed by atoms with van der Waals surface area (Å²) in [6.07, 6.45) is 9.42. The molecule has 0 unspecified atom stereocenters. The van der Waals surface area contributed by atoms with Gasteiger partial charge in [0.1, 0.15) is 23.1 Å². The minimum absolute atomic E-state index is 0.523. The summed E-state index contributed by atoms with van der Waals surface area (Å²) < 4.78 is 7.53. The van der Waals surface area contributed by atoms with Gasteiger partial charge in [0.15, 0.2) is 0 Å². The quantitative estimate of drug-likeness (QED) is 0.386. The van der Waals surface area contributed by atoms with E-state index in [2.05, 4.69) is 62.2 Å². The molecule has 1 aliphatic carbocycles. The van der Waals surface area contributed by atoms with Crippen LogP contribution in [-0.2, 0) is 0 Å². The third kappa shape index (κ3) is 3.87. The van der Waals surface area contributed by atoms with Crippen molar-refractivity contribution in [3.05, 3.63) is 60.8 Å². The Hall–Kier alpha value is -3.54. The Morgan fingerprint density at radius 3 is 2.47 bits per heavy atom. The van der Waals surface area contributed by atoms with Crippen molar-refractivity contribution in [3.8, 4) is 28.1 Å². The zero-order chi connectivity index (χ0) is 22.9. The molecule has 1 N–H and O–H groups in total. The third-order valence-electron chi connectivity index (χ3n) is 7.19. The monoisotopic (exact) mass is 453 g/mol. The summed E-state index contributed by atoms with van der Waals surface area (Å²) in [6, 6.07) is 19.5. The number of anilines is 2. The number of rotatable bonds is 6. The molecule has 1 aliphatic heterocycles. The largest absolute Gasteiger partial charge is 0.497 e. The van der Waals surface area contributed by atoms with Gasteiger partial charge in [0.2, 0.25) is 0 Å². The summed E-state index contributed by atoms with van der Waals surface area (Å²) in [5, 5.41) is 8.84. The van der Waals surface area contributed by atoms with Crippen molar-refractivity contribution in [2.75, 3.05) is 30.4 Å². The van der Waals surface area contributed by atoms with Gasteiger partial charge in [0, 0.05) is 36.5 Å². The van der Waals surface area contributed by atoms with Crippen LogP contribution in [0.4, 0.5) is 11.6 Å². The molecule has 0 bridgehead atoms. The van der Waals surface area contributed by atoms with Gasteiger partial charge < -0.3 is 15.0 Å². The Bertz CT molecular complexity index is 1280. The average Bonchev–Trinajstić information content (AvgIpc) is 3.65. The van der Waals surface area contributed by atoms with Crippen LogP contribution < -0.4 is 15.0 Å². The molecule has 0 atom stereocenters. The second-order valence-electron chi connectivity index (χ2n) is 9.38. The topological polar surface area (TPSA) is 54.7 Å². The smallest absolute Gasteiger partial charge is 0.130 e. The SMILES string of the molecule is COc1ccc(-c2nn3c(N4CCCC4)cccc3c2-c2ccnc(NC3CCCC3)c2)cc1. The minimum atomic E-state index is 0.523. The van der Waals surface area contributed by atoms with Gasteiger partial charge in [-0.15, -0.1) is 0 Å². The van der Waals surface area contributed by atoms with Crippen molar-refractivity contribution in [2.45, 2.75) is 44.6 Å². The van der Waals surface area contributed by atoms with Gasteiger partial charge in [-0.05, 0) is 79.8 Å². The molecule has 2 aliphatic rings. The lowest BCUT2D eigenvalue weighted by atomic mass is 10.00. The van der Waals surface area contributed by atoms with E-state index < -0.39 is 0 Å². The maximum Gasteiger partial charge on any atom is 0.130 e. The van der Waals surface area contributed by atoms with Gasteiger partial charge in [0.25, 0.3) is 0 Å². The van der Waals surface area contributed by atoms with E-state index >= 15 is 0 Å². The fourth-order valence-corrected chi connectivity index (χ4v) is 5.42. The van der Waals surface area contributed by atoms with Crippen LogP contribution in [0.15, 0.2) is 60.8 Å². The fraction of sp³-hybridized carbons (Fsp3) is 0.357. The summed E-state index contributed by atoms with van der Waals surface area (Å²) >= 11 is 0. The second kappa shape index (κ2) is 9.01. The number of pyridine rings is 2. The highest BCUT2D eigenvalue weighted by Gasteiger charge is 2.22. The number of hydrogen-bond donors (Lipinski definition) is 1. The Morgan fingerprint density at radius 1 is 0.912 bits per heavy atom. The first-order valence-electron chi connectivity index (χ1n) is 12.4.